The van der Waals surface area contributed by atoms with E-state index in [4.69, 9.17) is 14.6 Å². The Morgan fingerprint density at radius 3 is 2.33 bits per heavy atom. The standard InChI is InChI=1S/C21H22O6/c1-13-6-4-5-7-15(13)12-16(21(24)25)19-14(9-11-18(22)23)8-10-17(26-2)20(19)27-3/h4-11,16H,12H2,1-3H3,(H,22,23)(H,24,25). The van der Waals surface area contributed by atoms with Gasteiger partial charge in [-0.05, 0) is 42.2 Å². The number of benzene rings is 2. The fourth-order valence-corrected chi connectivity index (χ4v) is 3.00. The molecule has 0 bridgehead atoms. The Bertz CT molecular complexity index is 869. The van der Waals surface area contributed by atoms with Crippen molar-refractivity contribution < 1.29 is 29.3 Å². The van der Waals surface area contributed by atoms with Crippen LogP contribution in [0.4, 0.5) is 0 Å². The van der Waals surface area contributed by atoms with Gasteiger partial charge in [-0.15, -0.1) is 0 Å². The zero-order valence-electron chi connectivity index (χ0n) is 15.4. The highest BCUT2D eigenvalue weighted by molar-refractivity contribution is 5.87. The third-order valence-electron chi connectivity index (χ3n) is 4.36. The van der Waals surface area contributed by atoms with Gasteiger partial charge in [0.2, 0.25) is 0 Å². The summed E-state index contributed by atoms with van der Waals surface area (Å²) in [6.45, 7) is 1.92. The Labute approximate surface area is 157 Å². The Balaban J connectivity index is 2.66. The summed E-state index contributed by atoms with van der Waals surface area (Å²) < 4.78 is 10.7. The highest BCUT2D eigenvalue weighted by atomic mass is 16.5. The Kier molecular flexibility index (Phi) is 6.60. The van der Waals surface area contributed by atoms with E-state index in [0.29, 0.717) is 16.9 Å². The van der Waals surface area contributed by atoms with E-state index in [1.54, 1.807) is 12.1 Å². The van der Waals surface area contributed by atoms with Crippen LogP contribution in [0.1, 0.15) is 28.2 Å². The summed E-state index contributed by atoms with van der Waals surface area (Å²) in [7, 11) is 2.89. The molecule has 0 aliphatic carbocycles. The van der Waals surface area contributed by atoms with Crippen LogP contribution in [0.5, 0.6) is 11.5 Å². The number of ether oxygens (including phenoxy) is 2. The van der Waals surface area contributed by atoms with Crippen LogP contribution in [0.15, 0.2) is 42.5 Å². The van der Waals surface area contributed by atoms with E-state index >= 15 is 0 Å². The largest absolute Gasteiger partial charge is 0.493 e. The van der Waals surface area contributed by atoms with Crippen molar-refractivity contribution >= 4 is 18.0 Å². The number of carboxylic acids is 2. The van der Waals surface area contributed by atoms with Gasteiger partial charge in [-0.2, -0.15) is 0 Å². The van der Waals surface area contributed by atoms with Gasteiger partial charge >= 0.3 is 11.9 Å². The summed E-state index contributed by atoms with van der Waals surface area (Å²) in [6.07, 6.45) is 2.57. The lowest BCUT2D eigenvalue weighted by Gasteiger charge is -2.21. The highest BCUT2D eigenvalue weighted by Crippen LogP contribution is 2.40. The van der Waals surface area contributed by atoms with Crippen molar-refractivity contribution in [2.45, 2.75) is 19.3 Å². The Hall–Kier alpha value is -3.28. The SMILES string of the molecule is COc1ccc(C=CC(=O)O)c(C(Cc2ccccc2C)C(=O)O)c1OC. The molecule has 142 valence electrons. The van der Waals surface area contributed by atoms with Crippen molar-refractivity contribution in [3.05, 3.63) is 64.7 Å². The van der Waals surface area contributed by atoms with Gasteiger partial charge in [0.15, 0.2) is 11.5 Å². The quantitative estimate of drug-likeness (QED) is 0.691. The topological polar surface area (TPSA) is 93.1 Å². The smallest absolute Gasteiger partial charge is 0.328 e. The maximum absolute atomic E-state index is 12.1. The number of hydrogen-bond acceptors (Lipinski definition) is 4. The molecule has 0 aliphatic rings. The number of aryl methyl sites for hydroxylation is 1. The van der Waals surface area contributed by atoms with Crippen molar-refractivity contribution in [1.82, 2.24) is 0 Å². The molecule has 2 N–H and O–H groups in total. The van der Waals surface area contributed by atoms with Gasteiger partial charge < -0.3 is 19.7 Å². The average Bonchev–Trinajstić information content (AvgIpc) is 2.64. The van der Waals surface area contributed by atoms with Gasteiger partial charge in [-0.1, -0.05) is 30.3 Å². The van der Waals surface area contributed by atoms with Crippen molar-refractivity contribution in [2.75, 3.05) is 14.2 Å². The van der Waals surface area contributed by atoms with Crippen LogP contribution in [0, 0.1) is 6.92 Å². The first-order valence-corrected chi connectivity index (χ1v) is 8.32. The number of rotatable bonds is 8. The van der Waals surface area contributed by atoms with Crippen LogP contribution in [0.25, 0.3) is 6.08 Å². The third kappa shape index (κ3) is 4.67. The molecule has 2 rings (SSSR count). The zero-order chi connectivity index (χ0) is 20.0. The fourth-order valence-electron chi connectivity index (χ4n) is 3.00. The van der Waals surface area contributed by atoms with Crippen LogP contribution < -0.4 is 9.47 Å². The molecule has 0 amide bonds. The maximum atomic E-state index is 12.1. The van der Waals surface area contributed by atoms with Gasteiger partial charge in [0, 0.05) is 11.6 Å². The first-order chi connectivity index (χ1) is 12.9. The maximum Gasteiger partial charge on any atom is 0.328 e. The second-order valence-electron chi connectivity index (χ2n) is 6.00. The number of methoxy groups -OCH3 is 2. The van der Waals surface area contributed by atoms with E-state index < -0.39 is 17.9 Å². The normalized spacial score (nSPS) is 12.0. The van der Waals surface area contributed by atoms with E-state index in [1.807, 2.05) is 31.2 Å². The minimum Gasteiger partial charge on any atom is -0.493 e. The lowest BCUT2D eigenvalue weighted by molar-refractivity contribution is -0.138. The monoisotopic (exact) mass is 370 g/mol. The molecule has 2 aromatic rings. The molecule has 0 radical (unpaired) electrons. The minimum absolute atomic E-state index is 0.236. The molecule has 0 saturated carbocycles. The van der Waals surface area contributed by atoms with Gasteiger partial charge in [0.25, 0.3) is 0 Å². The summed E-state index contributed by atoms with van der Waals surface area (Å²) in [4.78, 5) is 23.1. The molecule has 6 nitrogen and oxygen atoms in total. The number of carbonyl (C=O) groups is 2. The van der Waals surface area contributed by atoms with Crippen molar-refractivity contribution in [3.8, 4) is 11.5 Å². The van der Waals surface area contributed by atoms with E-state index in [1.165, 1.54) is 20.3 Å². The molecule has 0 fully saturated rings. The van der Waals surface area contributed by atoms with Gasteiger partial charge in [-0.3, -0.25) is 4.79 Å². The van der Waals surface area contributed by atoms with Crippen molar-refractivity contribution in [3.63, 3.8) is 0 Å². The molecule has 0 heterocycles. The van der Waals surface area contributed by atoms with Gasteiger partial charge in [0.05, 0.1) is 20.1 Å². The molecule has 27 heavy (non-hydrogen) atoms. The molecule has 0 spiro atoms. The predicted octanol–water partition coefficient (Wildman–Crippen LogP) is 3.52. The number of hydrogen-bond donors (Lipinski definition) is 2. The number of aliphatic carboxylic acids is 2. The second-order valence-corrected chi connectivity index (χ2v) is 6.00. The van der Waals surface area contributed by atoms with E-state index in [0.717, 1.165) is 17.2 Å². The molecule has 0 saturated heterocycles. The van der Waals surface area contributed by atoms with Crippen molar-refractivity contribution in [2.24, 2.45) is 0 Å². The minimum atomic E-state index is -1.12. The molecule has 1 unspecified atom stereocenters. The summed E-state index contributed by atoms with van der Waals surface area (Å²) >= 11 is 0. The third-order valence-corrected chi connectivity index (χ3v) is 4.36. The van der Waals surface area contributed by atoms with Crippen LogP contribution >= 0.6 is 0 Å². The van der Waals surface area contributed by atoms with Crippen molar-refractivity contribution in [1.29, 1.82) is 0 Å². The van der Waals surface area contributed by atoms with E-state index in [2.05, 4.69) is 0 Å². The van der Waals surface area contributed by atoms with E-state index in [9.17, 15) is 14.7 Å². The molecular formula is C21H22O6. The second kappa shape index (κ2) is 8.89. The van der Waals surface area contributed by atoms with Crippen LogP contribution in [-0.2, 0) is 16.0 Å². The molecule has 1 atom stereocenters. The molecule has 0 aromatic heterocycles. The number of carboxylic acid groups (broad SMARTS) is 2. The summed E-state index contributed by atoms with van der Waals surface area (Å²) in [5.74, 6) is -2.43. The lowest BCUT2D eigenvalue weighted by Crippen LogP contribution is -2.17. The zero-order valence-corrected chi connectivity index (χ0v) is 15.4. The van der Waals surface area contributed by atoms with Crippen LogP contribution in [0.3, 0.4) is 0 Å². The van der Waals surface area contributed by atoms with E-state index in [-0.39, 0.29) is 12.2 Å². The fraction of sp³-hybridized carbons (Fsp3) is 0.238. The lowest BCUT2D eigenvalue weighted by atomic mass is 9.86. The van der Waals surface area contributed by atoms with Crippen LogP contribution in [0.2, 0.25) is 0 Å². The average molecular weight is 370 g/mol. The molecular weight excluding hydrogens is 348 g/mol. The summed E-state index contributed by atoms with van der Waals surface area (Å²) in [5, 5.41) is 18.9. The first kappa shape index (κ1) is 20.0. The predicted molar refractivity (Wildman–Crippen MR) is 101 cm³/mol. The first-order valence-electron chi connectivity index (χ1n) is 8.32. The molecule has 6 heteroatoms. The summed E-state index contributed by atoms with van der Waals surface area (Å²) in [5.41, 5.74) is 2.71. The highest BCUT2D eigenvalue weighted by Gasteiger charge is 2.28. The Morgan fingerprint density at radius 1 is 1.07 bits per heavy atom. The summed E-state index contributed by atoms with van der Waals surface area (Å²) in [6, 6.07) is 10.8. The van der Waals surface area contributed by atoms with Gasteiger partial charge in [-0.25, -0.2) is 4.79 Å². The van der Waals surface area contributed by atoms with Gasteiger partial charge in [0.1, 0.15) is 0 Å². The van der Waals surface area contributed by atoms with Crippen LogP contribution in [-0.4, -0.2) is 36.4 Å². The molecule has 0 aliphatic heterocycles. The molecule has 2 aromatic carbocycles. The Morgan fingerprint density at radius 2 is 1.78 bits per heavy atom.